The van der Waals surface area contributed by atoms with Gasteiger partial charge in [-0.3, -0.25) is 0 Å². The Labute approximate surface area is 107 Å². The van der Waals surface area contributed by atoms with Crippen molar-refractivity contribution in [3.05, 3.63) is 59.7 Å². The Balaban J connectivity index is 2.04. The SMILES string of the molecule is C1=Nc2cccc(c2)CCCc2cccc(c2)N=1. The Morgan fingerprint density at radius 2 is 1.33 bits per heavy atom. The lowest BCUT2D eigenvalue weighted by Crippen LogP contribution is -1.90. The highest BCUT2D eigenvalue weighted by molar-refractivity contribution is 5.58. The standard InChI is InChI=1S/C16H14N2/c1-4-13-6-2-8-15(10-13)17-12-18-16-9-3-7-14(5-1)11-16/h2-3,6-11H,1,4-5H2. The Bertz CT molecular complexity index is 571. The van der Waals surface area contributed by atoms with Gasteiger partial charge in [0.2, 0.25) is 0 Å². The molecule has 0 amide bonds. The van der Waals surface area contributed by atoms with Crippen molar-refractivity contribution < 1.29 is 0 Å². The van der Waals surface area contributed by atoms with E-state index in [1.807, 2.05) is 24.3 Å². The minimum absolute atomic E-state index is 0.924. The molecule has 3 rings (SSSR count). The van der Waals surface area contributed by atoms with Crippen molar-refractivity contribution in [1.29, 1.82) is 0 Å². The van der Waals surface area contributed by atoms with Crippen LogP contribution in [0.1, 0.15) is 17.5 Å². The highest BCUT2D eigenvalue weighted by atomic mass is 14.8. The summed E-state index contributed by atoms with van der Waals surface area (Å²) in [5.41, 5.74) is 4.51. The van der Waals surface area contributed by atoms with E-state index in [-0.39, 0.29) is 0 Å². The maximum atomic E-state index is 4.25. The molecule has 2 aromatic rings. The zero-order chi connectivity index (χ0) is 12.2. The number of rotatable bonds is 0. The van der Waals surface area contributed by atoms with E-state index in [0.717, 1.165) is 30.6 Å². The molecular weight excluding hydrogens is 220 g/mol. The summed E-state index contributed by atoms with van der Waals surface area (Å²) in [6.45, 7) is 0. The van der Waals surface area contributed by atoms with Crippen LogP contribution in [0.25, 0.3) is 0 Å². The van der Waals surface area contributed by atoms with E-state index in [2.05, 4.69) is 40.3 Å². The molecule has 0 atom stereocenters. The van der Waals surface area contributed by atoms with E-state index in [1.54, 1.807) is 0 Å². The third kappa shape index (κ3) is 2.55. The number of hydrogen-bond donors (Lipinski definition) is 0. The lowest BCUT2D eigenvalue weighted by molar-refractivity contribution is 0.821. The summed E-state index contributed by atoms with van der Waals surface area (Å²) in [5, 5.41) is 0. The van der Waals surface area contributed by atoms with E-state index in [0.29, 0.717) is 0 Å². The van der Waals surface area contributed by atoms with E-state index < -0.39 is 0 Å². The quantitative estimate of drug-likeness (QED) is 0.648. The fourth-order valence-electron chi connectivity index (χ4n) is 2.20. The third-order valence-corrected chi connectivity index (χ3v) is 3.11. The Morgan fingerprint density at radius 3 is 1.89 bits per heavy atom. The summed E-state index contributed by atoms with van der Waals surface area (Å²) in [6, 6.07) is 19.3. The predicted molar refractivity (Wildman–Crippen MR) is 74.1 cm³/mol. The second-order valence-corrected chi connectivity index (χ2v) is 4.52. The Hall–Kier alpha value is -2.18. The minimum atomic E-state index is 0.924. The molecule has 2 aromatic carbocycles. The molecule has 88 valence electrons. The Morgan fingerprint density at radius 1 is 0.778 bits per heavy atom. The van der Waals surface area contributed by atoms with Gasteiger partial charge >= 0.3 is 0 Å². The van der Waals surface area contributed by atoms with Gasteiger partial charge in [0.1, 0.15) is 6.01 Å². The van der Waals surface area contributed by atoms with Gasteiger partial charge in [0, 0.05) is 0 Å². The molecule has 0 aromatic heterocycles. The summed E-state index contributed by atoms with van der Waals surface area (Å²) in [5.74, 6) is 0. The fraction of sp³-hybridized carbons (Fsp3) is 0.188. The van der Waals surface area contributed by atoms with Crippen LogP contribution >= 0.6 is 0 Å². The molecule has 1 aliphatic heterocycles. The third-order valence-electron chi connectivity index (χ3n) is 3.11. The fourth-order valence-corrected chi connectivity index (χ4v) is 2.20. The first-order chi connectivity index (χ1) is 8.90. The molecule has 4 bridgehead atoms. The van der Waals surface area contributed by atoms with Crippen LogP contribution < -0.4 is 0 Å². The number of aliphatic imine (C=N–C) groups is 2. The summed E-state index contributed by atoms with van der Waals surface area (Å²) >= 11 is 0. The first-order valence-electron chi connectivity index (χ1n) is 6.24. The molecule has 18 heavy (non-hydrogen) atoms. The maximum absolute atomic E-state index is 4.25. The lowest BCUT2D eigenvalue weighted by atomic mass is 10.0. The van der Waals surface area contributed by atoms with Crippen LogP contribution in [-0.2, 0) is 12.8 Å². The van der Waals surface area contributed by atoms with Gasteiger partial charge < -0.3 is 0 Å². The molecule has 0 N–H and O–H groups in total. The number of fused-ring (bicyclic) bond motifs is 4. The molecule has 2 heteroatoms. The molecule has 0 fully saturated rings. The van der Waals surface area contributed by atoms with Crippen molar-refractivity contribution in [2.45, 2.75) is 19.3 Å². The summed E-state index contributed by atoms with van der Waals surface area (Å²) < 4.78 is 0. The van der Waals surface area contributed by atoms with Crippen molar-refractivity contribution >= 4 is 17.4 Å². The minimum Gasteiger partial charge on any atom is -0.188 e. The van der Waals surface area contributed by atoms with Gasteiger partial charge in [-0.15, -0.1) is 0 Å². The van der Waals surface area contributed by atoms with Crippen LogP contribution in [0.5, 0.6) is 0 Å². The van der Waals surface area contributed by atoms with Gasteiger partial charge in [0.25, 0.3) is 0 Å². The van der Waals surface area contributed by atoms with Crippen molar-refractivity contribution in [2.24, 2.45) is 9.98 Å². The smallest absolute Gasteiger partial charge is 0.100 e. The molecule has 0 saturated heterocycles. The lowest BCUT2D eigenvalue weighted by Gasteiger charge is -2.04. The van der Waals surface area contributed by atoms with Gasteiger partial charge in [0.05, 0.1) is 11.4 Å². The van der Waals surface area contributed by atoms with Crippen LogP contribution in [0, 0.1) is 0 Å². The van der Waals surface area contributed by atoms with Gasteiger partial charge in [-0.25, -0.2) is 0 Å². The highest BCUT2D eigenvalue weighted by Gasteiger charge is 1.99. The first-order valence-corrected chi connectivity index (χ1v) is 6.24. The topological polar surface area (TPSA) is 24.7 Å². The van der Waals surface area contributed by atoms with Crippen molar-refractivity contribution in [1.82, 2.24) is 0 Å². The summed E-state index contributed by atoms with van der Waals surface area (Å²) in [4.78, 5) is 8.49. The van der Waals surface area contributed by atoms with Crippen molar-refractivity contribution in [3.63, 3.8) is 0 Å². The van der Waals surface area contributed by atoms with E-state index in [1.165, 1.54) is 11.1 Å². The predicted octanol–water partition coefficient (Wildman–Crippen LogP) is 4.31. The first kappa shape index (κ1) is 10.9. The van der Waals surface area contributed by atoms with Crippen LogP contribution in [0.15, 0.2) is 58.5 Å². The van der Waals surface area contributed by atoms with Crippen molar-refractivity contribution in [3.8, 4) is 0 Å². The average molecular weight is 234 g/mol. The second kappa shape index (κ2) is 4.99. The number of benzene rings is 2. The highest BCUT2D eigenvalue weighted by Crippen LogP contribution is 2.19. The summed E-state index contributed by atoms with van der Waals surface area (Å²) in [7, 11) is 0. The molecule has 2 nitrogen and oxygen atoms in total. The largest absolute Gasteiger partial charge is 0.188 e. The van der Waals surface area contributed by atoms with E-state index in [4.69, 9.17) is 0 Å². The number of aryl methyl sites for hydroxylation is 2. The molecule has 0 unspecified atom stereocenters. The zero-order valence-electron chi connectivity index (χ0n) is 10.1. The zero-order valence-corrected chi connectivity index (χ0v) is 10.1. The average Bonchev–Trinajstić information content (AvgIpc) is 2.39. The number of hydrogen-bond acceptors (Lipinski definition) is 2. The second-order valence-electron chi connectivity index (χ2n) is 4.52. The van der Waals surface area contributed by atoms with Crippen molar-refractivity contribution in [2.75, 3.05) is 0 Å². The molecule has 0 radical (unpaired) electrons. The van der Waals surface area contributed by atoms with Gasteiger partial charge in [-0.05, 0) is 54.7 Å². The van der Waals surface area contributed by atoms with Crippen LogP contribution in [0.3, 0.4) is 0 Å². The van der Waals surface area contributed by atoms with E-state index in [9.17, 15) is 0 Å². The summed E-state index contributed by atoms with van der Waals surface area (Å²) in [6.07, 6.45) is 3.33. The Kier molecular flexibility index (Phi) is 3.03. The molecule has 0 spiro atoms. The molecule has 0 saturated carbocycles. The maximum Gasteiger partial charge on any atom is 0.100 e. The van der Waals surface area contributed by atoms with Gasteiger partial charge in [0.15, 0.2) is 0 Å². The normalized spacial score (nSPS) is 13.8. The molecule has 1 heterocycles. The van der Waals surface area contributed by atoms with Gasteiger partial charge in [-0.1, -0.05) is 24.3 Å². The van der Waals surface area contributed by atoms with Crippen LogP contribution in [-0.4, -0.2) is 6.01 Å². The number of nitrogens with zero attached hydrogens (tertiary/aromatic N) is 2. The molecule has 1 aliphatic rings. The van der Waals surface area contributed by atoms with E-state index >= 15 is 0 Å². The monoisotopic (exact) mass is 234 g/mol. The van der Waals surface area contributed by atoms with Crippen LogP contribution in [0.2, 0.25) is 0 Å². The molecular formula is C16H14N2. The van der Waals surface area contributed by atoms with Crippen LogP contribution in [0.4, 0.5) is 11.4 Å². The van der Waals surface area contributed by atoms with Gasteiger partial charge in [-0.2, -0.15) is 9.98 Å². The molecule has 0 aliphatic carbocycles.